The molecular weight excluding hydrogens is 238 g/mol. The van der Waals surface area contributed by atoms with Crippen LogP contribution in [0.3, 0.4) is 0 Å². The fraction of sp³-hybridized carbons (Fsp3) is 0.500. The summed E-state index contributed by atoms with van der Waals surface area (Å²) >= 11 is 0. The molecule has 0 atom stereocenters. The highest BCUT2D eigenvalue weighted by molar-refractivity contribution is 5.82. The second-order valence-electron chi connectivity index (χ2n) is 5.13. The summed E-state index contributed by atoms with van der Waals surface area (Å²) in [5.74, 6) is 0.925. The third kappa shape index (κ3) is 3.74. The highest BCUT2D eigenvalue weighted by atomic mass is 16.5. The molecule has 2 aromatic rings. The molecule has 1 aromatic carbocycles. The van der Waals surface area contributed by atoms with Gasteiger partial charge in [0.25, 0.3) is 0 Å². The smallest absolute Gasteiger partial charge is 0.134 e. The van der Waals surface area contributed by atoms with Gasteiger partial charge in [-0.2, -0.15) is 0 Å². The predicted octanol–water partition coefficient (Wildman–Crippen LogP) is 3.76. The van der Waals surface area contributed by atoms with E-state index in [2.05, 4.69) is 32.2 Å². The number of nitrogens with one attached hydrogen (secondary N) is 1. The maximum absolute atomic E-state index is 5.67. The summed E-state index contributed by atoms with van der Waals surface area (Å²) in [4.78, 5) is 0. The quantitative estimate of drug-likeness (QED) is 0.824. The third-order valence-electron chi connectivity index (χ3n) is 3.04. The van der Waals surface area contributed by atoms with E-state index in [1.807, 2.05) is 18.4 Å². The standard InChI is InChI=1S/C16H23NO2/c1-4-9-18-14-5-6-16-15(10-14)13(11-19-16)7-8-17-12(2)3/h5-6,10-12,17H,4,7-9H2,1-3H3. The van der Waals surface area contributed by atoms with E-state index in [0.717, 1.165) is 37.3 Å². The van der Waals surface area contributed by atoms with Gasteiger partial charge in [-0.05, 0) is 43.1 Å². The lowest BCUT2D eigenvalue weighted by atomic mass is 10.1. The Labute approximate surface area is 114 Å². The van der Waals surface area contributed by atoms with E-state index in [1.54, 1.807) is 0 Å². The second kappa shape index (κ2) is 6.62. The first-order chi connectivity index (χ1) is 9.20. The second-order valence-corrected chi connectivity index (χ2v) is 5.13. The molecule has 19 heavy (non-hydrogen) atoms. The largest absolute Gasteiger partial charge is 0.494 e. The minimum Gasteiger partial charge on any atom is -0.494 e. The van der Waals surface area contributed by atoms with E-state index < -0.39 is 0 Å². The van der Waals surface area contributed by atoms with Crippen molar-refractivity contribution in [2.75, 3.05) is 13.2 Å². The molecule has 0 aliphatic heterocycles. The molecule has 0 aliphatic rings. The van der Waals surface area contributed by atoms with Crippen molar-refractivity contribution >= 4 is 11.0 Å². The van der Waals surface area contributed by atoms with Gasteiger partial charge in [-0.3, -0.25) is 0 Å². The number of ether oxygens (including phenoxy) is 1. The minimum absolute atomic E-state index is 0.515. The number of benzene rings is 1. The van der Waals surface area contributed by atoms with Crippen LogP contribution < -0.4 is 10.1 Å². The van der Waals surface area contributed by atoms with Crippen LogP contribution in [0.4, 0.5) is 0 Å². The first-order valence-corrected chi connectivity index (χ1v) is 7.07. The maximum atomic E-state index is 5.67. The summed E-state index contributed by atoms with van der Waals surface area (Å²) in [7, 11) is 0. The molecule has 0 aliphatic carbocycles. The molecule has 104 valence electrons. The monoisotopic (exact) mass is 261 g/mol. The lowest BCUT2D eigenvalue weighted by Crippen LogP contribution is -2.24. The van der Waals surface area contributed by atoms with Crippen molar-refractivity contribution < 1.29 is 9.15 Å². The fourth-order valence-corrected chi connectivity index (χ4v) is 2.06. The van der Waals surface area contributed by atoms with Crippen LogP contribution >= 0.6 is 0 Å². The number of furan rings is 1. The van der Waals surface area contributed by atoms with Gasteiger partial charge in [-0.15, -0.1) is 0 Å². The van der Waals surface area contributed by atoms with Gasteiger partial charge in [0.1, 0.15) is 11.3 Å². The summed E-state index contributed by atoms with van der Waals surface area (Å²) < 4.78 is 11.3. The van der Waals surface area contributed by atoms with Gasteiger partial charge in [0.2, 0.25) is 0 Å². The molecule has 1 heterocycles. The predicted molar refractivity (Wildman–Crippen MR) is 78.8 cm³/mol. The molecule has 0 spiro atoms. The summed E-state index contributed by atoms with van der Waals surface area (Å²) in [5.41, 5.74) is 2.17. The minimum atomic E-state index is 0.515. The number of rotatable bonds is 7. The Hall–Kier alpha value is -1.48. The lowest BCUT2D eigenvalue weighted by molar-refractivity contribution is 0.318. The summed E-state index contributed by atoms with van der Waals surface area (Å²) in [5, 5.41) is 4.59. The zero-order valence-electron chi connectivity index (χ0n) is 12.0. The van der Waals surface area contributed by atoms with Crippen molar-refractivity contribution in [2.45, 2.75) is 39.7 Å². The Morgan fingerprint density at radius 1 is 1.32 bits per heavy atom. The molecule has 2 rings (SSSR count). The maximum Gasteiger partial charge on any atom is 0.134 e. The van der Waals surface area contributed by atoms with E-state index in [1.165, 1.54) is 10.9 Å². The van der Waals surface area contributed by atoms with Gasteiger partial charge in [0, 0.05) is 11.4 Å². The Kier molecular flexibility index (Phi) is 4.86. The Morgan fingerprint density at radius 3 is 2.89 bits per heavy atom. The van der Waals surface area contributed by atoms with Crippen molar-refractivity contribution in [1.29, 1.82) is 0 Å². The molecule has 0 amide bonds. The molecule has 0 fully saturated rings. The van der Waals surface area contributed by atoms with Crippen molar-refractivity contribution in [3.63, 3.8) is 0 Å². The molecule has 1 aromatic heterocycles. The zero-order chi connectivity index (χ0) is 13.7. The van der Waals surface area contributed by atoms with Gasteiger partial charge in [-0.1, -0.05) is 20.8 Å². The normalized spacial score (nSPS) is 11.4. The zero-order valence-corrected chi connectivity index (χ0v) is 12.0. The summed E-state index contributed by atoms with van der Waals surface area (Å²) in [6.45, 7) is 8.15. The first kappa shape index (κ1) is 13.9. The first-order valence-electron chi connectivity index (χ1n) is 7.07. The van der Waals surface area contributed by atoms with Crippen LogP contribution in [0.15, 0.2) is 28.9 Å². The fourth-order valence-electron chi connectivity index (χ4n) is 2.06. The van der Waals surface area contributed by atoms with Crippen molar-refractivity contribution in [3.05, 3.63) is 30.0 Å². The summed E-state index contributed by atoms with van der Waals surface area (Å²) in [6.07, 6.45) is 3.85. The van der Waals surface area contributed by atoms with E-state index in [4.69, 9.17) is 9.15 Å². The van der Waals surface area contributed by atoms with Crippen LogP contribution in [0.2, 0.25) is 0 Å². The highest BCUT2D eigenvalue weighted by Crippen LogP contribution is 2.26. The molecule has 0 radical (unpaired) electrons. The number of fused-ring (bicyclic) bond motifs is 1. The molecular formula is C16H23NO2. The van der Waals surface area contributed by atoms with E-state index in [-0.39, 0.29) is 0 Å². The molecule has 0 saturated carbocycles. The van der Waals surface area contributed by atoms with E-state index in [0.29, 0.717) is 6.04 Å². The Morgan fingerprint density at radius 2 is 2.16 bits per heavy atom. The summed E-state index contributed by atoms with van der Waals surface area (Å²) in [6, 6.07) is 6.55. The topological polar surface area (TPSA) is 34.4 Å². The van der Waals surface area contributed by atoms with Crippen LogP contribution in [0.25, 0.3) is 11.0 Å². The number of hydrogen-bond donors (Lipinski definition) is 1. The van der Waals surface area contributed by atoms with Gasteiger partial charge in [0.05, 0.1) is 12.9 Å². The van der Waals surface area contributed by atoms with Crippen LogP contribution in [-0.2, 0) is 6.42 Å². The molecule has 0 bridgehead atoms. The van der Waals surface area contributed by atoms with Crippen LogP contribution in [0.5, 0.6) is 5.75 Å². The average Bonchev–Trinajstić information content (AvgIpc) is 2.79. The van der Waals surface area contributed by atoms with Crippen molar-refractivity contribution in [1.82, 2.24) is 5.32 Å². The van der Waals surface area contributed by atoms with Crippen LogP contribution in [0.1, 0.15) is 32.8 Å². The Balaban J connectivity index is 2.10. The Bertz CT molecular complexity index is 516. The highest BCUT2D eigenvalue weighted by Gasteiger charge is 2.07. The SMILES string of the molecule is CCCOc1ccc2occ(CCNC(C)C)c2c1. The molecule has 1 N–H and O–H groups in total. The molecule has 0 unspecified atom stereocenters. The number of hydrogen-bond acceptors (Lipinski definition) is 3. The molecule has 3 nitrogen and oxygen atoms in total. The van der Waals surface area contributed by atoms with Gasteiger partial charge >= 0.3 is 0 Å². The third-order valence-corrected chi connectivity index (χ3v) is 3.04. The van der Waals surface area contributed by atoms with Crippen molar-refractivity contribution in [3.8, 4) is 5.75 Å². The van der Waals surface area contributed by atoms with E-state index >= 15 is 0 Å². The average molecular weight is 261 g/mol. The lowest BCUT2D eigenvalue weighted by Gasteiger charge is -2.07. The van der Waals surface area contributed by atoms with Crippen molar-refractivity contribution in [2.24, 2.45) is 0 Å². The van der Waals surface area contributed by atoms with Gasteiger partial charge in [0.15, 0.2) is 0 Å². The van der Waals surface area contributed by atoms with Crippen LogP contribution in [0, 0.1) is 0 Å². The van der Waals surface area contributed by atoms with E-state index in [9.17, 15) is 0 Å². The molecule has 0 saturated heterocycles. The molecule has 3 heteroatoms. The van der Waals surface area contributed by atoms with Gasteiger partial charge in [-0.25, -0.2) is 0 Å². The van der Waals surface area contributed by atoms with Gasteiger partial charge < -0.3 is 14.5 Å². The van der Waals surface area contributed by atoms with Crippen LogP contribution in [-0.4, -0.2) is 19.2 Å².